The van der Waals surface area contributed by atoms with Gasteiger partial charge in [-0.05, 0) is 173 Å². The monoisotopic (exact) mass is 1700 g/mol. The van der Waals surface area contributed by atoms with Gasteiger partial charge in [-0.1, -0.05) is 209 Å². The predicted octanol–water partition coefficient (Wildman–Crippen LogP) is 24.0. The van der Waals surface area contributed by atoms with E-state index in [0.29, 0.717) is 71.0 Å². The smallest absolute Gasteiger partial charge is 0.155 e. The van der Waals surface area contributed by atoms with E-state index in [1.165, 1.54) is 68.5 Å². The molecular weight excluding hydrogens is 1570 g/mol. The lowest BCUT2D eigenvalue weighted by Gasteiger charge is -2.12. The van der Waals surface area contributed by atoms with Crippen LogP contribution < -0.4 is 0 Å². The fourth-order valence-electron chi connectivity index (χ4n) is 11.6. The average Bonchev–Trinajstić information content (AvgIpc) is 1.66. The Morgan fingerprint density at radius 2 is 1.06 bits per heavy atom. The number of nitrogens with zero attached hydrogens (tertiary/aromatic N) is 22. The lowest BCUT2D eigenvalue weighted by molar-refractivity contribution is 0.764. The molecule has 15 aromatic heterocycles. The van der Waals surface area contributed by atoms with Gasteiger partial charge in [-0.3, -0.25) is 45.1 Å². The Morgan fingerprint density at radius 1 is 0.384 bits per heavy atom. The van der Waals surface area contributed by atoms with Crippen LogP contribution in [-0.2, 0) is 13.0 Å². The number of nitrogens with one attached hydrogen (secondary N) is 3. The van der Waals surface area contributed by atoms with Gasteiger partial charge in [0.25, 0.3) is 0 Å². The highest BCUT2D eigenvalue weighted by molar-refractivity contribution is 7.17. The second-order valence-corrected chi connectivity index (χ2v) is 34.4. The highest BCUT2D eigenvalue weighted by atomic mass is 32.1. The van der Waals surface area contributed by atoms with Crippen molar-refractivity contribution in [3.05, 3.63) is 311 Å². The molecule has 0 saturated carbocycles. The van der Waals surface area contributed by atoms with Crippen molar-refractivity contribution in [2.24, 2.45) is 4.99 Å². The van der Waals surface area contributed by atoms with Crippen LogP contribution in [0.3, 0.4) is 0 Å². The molecule has 16 heterocycles. The third-order valence-electron chi connectivity index (χ3n) is 19.2. The van der Waals surface area contributed by atoms with Gasteiger partial charge < -0.3 is 0 Å². The molecular formula is C99H131N25S. The molecule has 0 radical (unpaired) electrons. The number of hydrogen-bond donors (Lipinski definition) is 3. The first-order chi connectivity index (χ1) is 60.0. The van der Waals surface area contributed by atoms with Crippen LogP contribution >= 0.6 is 11.3 Å². The SMILES string of the molecule is CC(C)c1cc2c(cn1)C=CCC2.CC(C)c1cc2ncccn2n1.CC(C)c1ccc2ccccc2n1.CC(C)c1ccc2nccn2n1.CC(C)c1ccccn1.CC(C)c1ccn[nH]1.CC(C)c1ccncn1.CC(C)c1cn[nH]n1.CC(C)c1cnccn1.CC(C)c1nccc2ccsc12.CC(C)c1ncn[nH]1.CC(C)c1ncnc2c1C=NC2. The zero-order valence-corrected chi connectivity index (χ0v) is 78.6. The molecule has 1 aliphatic heterocycles. The number of aromatic nitrogens is 24. The van der Waals surface area contributed by atoms with E-state index in [4.69, 9.17) is 0 Å². The second-order valence-electron chi connectivity index (χ2n) is 33.4. The maximum Gasteiger partial charge on any atom is 0.155 e. The molecule has 0 amide bonds. The molecule has 25 nitrogen and oxygen atoms in total. The average molecular weight is 1700 g/mol. The van der Waals surface area contributed by atoms with Crippen LogP contribution in [0.15, 0.2) is 225 Å². The highest BCUT2D eigenvalue weighted by Crippen LogP contribution is 2.29. The number of H-pyrrole nitrogens is 3. The first kappa shape index (κ1) is 99.5. The first-order valence-electron chi connectivity index (χ1n) is 43.4. The summed E-state index contributed by atoms with van der Waals surface area (Å²) in [5.74, 6) is 6.94. The van der Waals surface area contributed by atoms with E-state index in [1.807, 2.05) is 104 Å². The van der Waals surface area contributed by atoms with E-state index >= 15 is 0 Å². The minimum atomic E-state index is 0.450. The van der Waals surface area contributed by atoms with Gasteiger partial charge in [-0.25, -0.2) is 43.9 Å². The summed E-state index contributed by atoms with van der Waals surface area (Å²) in [6, 6.07) is 36.8. The van der Waals surface area contributed by atoms with Crippen molar-refractivity contribution < 1.29 is 0 Å². The minimum Gasteiger partial charge on any atom is -0.286 e. The summed E-state index contributed by atoms with van der Waals surface area (Å²) < 4.78 is 4.94. The summed E-state index contributed by atoms with van der Waals surface area (Å²) in [6.45, 7) is 51.8. The number of allylic oxidation sites excluding steroid dienone is 1. The molecule has 0 spiro atoms. The van der Waals surface area contributed by atoms with Crippen molar-refractivity contribution in [3.63, 3.8) is 0 Å². The van der Waals surface area contributed by atoms with Gasteiger partial charge in [0.05, 0.1) is 62.8 Å². The number of hydrogen-bond acceptors (Lipinski definition) is 21. The summed E-state index contributed by atoms with van der Waals surface area (Å²) in [7, 11) is 0. The van der Waals surface area contributed by atoms with Crippen LogP contribution in [0.5, 0.6) is 0 Å². The number of para-hydroxylation sites is 1. The van der Waals surface area contributed by atoms with Gasteiger partial charge in [-0.2, -0.15) is 35.8 Å². The lowest BCUT2D eigenvalue weighted by Crippen LogP contribution is -2.02. The number of aryl methyl sites for hydroxylation is 1. The number of imidazole rings is 1. The molecule has 3 N–H and O–H groups in total. The van der Waals surface area contributed by atoms with E-state index in [2.05, 4.69) is 342 Å². The van der Waals surface area contributed by atoms with Crippen molar-refractivity contribution in [2.75, 3.05) is 0 Å². The Hall–Kier alpha value is -12.6. The van der Waals surface area contributed by atoms with Crippen LogP contribution in [0.25, 0.3) is 38.4 Å². The van der Waals surface area contributed by atoms with Gasteiger partial charge in [0.2, 0.25) is 0 Å². The van der Waals surface area contributed by atoms with Crippen LogP contribution in [-0.4, -0.2) is 126 Å². The maximum absolute atomic E-state index is 4.57. The lowest BCUT2D eigenvalue weighted by atomic mass is 9.96. The van der Waals surface area contributed by atoms with E-state index in [0.717, 1.165) is 80.3 Å². The minimum absolute atomic E-state index is 0.450. The number of benzene rings is 1. The zero-order valence-electron chi connectivity index (χ0n) is 77.7. The number of aromatic amines is 3. The highest BCUT2D eigenvalue weighted by Gasteiger charge is 2.16. The normalized spacial score (nSPS) is 11.4. The summed E-state index contributed by atoms with van der Waals surface area (Å²) in [6.07, 6.45) is 36.9. The zero-order chi connectivity index (χ0) is 90.7. The fourth-order valence-corrected chi connectivity index (χ4v) is 12.6. The van der Waals surface area contributed by atoms with Crippen molar-refractivity contribution in [2.45, 2.75) is 257 Å². The molecule has 18 rings (SSSR count). The van der Waals surface area contributed by atoms with E-state index < -0.39 is 0 Å². The van der Waals surface area contributed by atoms with Gasteiger partial charge in [0.1, 0.15) is 24.8 Å². The van der Waals surface area contributed by atoms with Crippen molar-refractivity contribution in [3.8, 4) is 0 Å². The predicted molar refractivity (Wildman–Crippen MR) is 511 cm³/mol. The molecule has 0 atom stereocenters. The molecule has 125 heavy (non-hydrogen) atoms. The summed E-state index contributed by atoms with van der Waals surface area (Å²) >= 11 is 1.78. The number of aliphatic imine (C=N–C) groups is 1. The molecule has 0 bridgehead atoms. The summed E-state index contributed by atoms with van der Waals surface area (Å²) in [5.41, 5.74) is 20.3. The van der Waals surface area contributed by atoms with Crippen LogP contribution in [0, 0.1) is 0 Å². The van der Waals surface area contributed by atoms with E-state index in [1.54, 1.807) is 82.6 Å². The van der Waals surface area contributed by atoms with Crippen LogP contribution in [0.4, 0.5) is 0 Å². The Balaban J connectivity index is 0.000000188. The molecule has 26 heteroatoms. The molecule has 1 aromatic carbocycles. The molecule has 2 aliphatic rings. The second kappa shape index (κ2) is 52.8. The van der Waals surface area contributed by atoms with Crippen molar-refractivity contribution >= 4 is 55.9 Å². The van der Waals surface area contributed by atoms with E-state index in [-0.39, 0.29) is 0 Å². The van der Waals surface area contributed by atoms with E-state index in [9.17, 15) is 0 Å². The topological polar surface area (TPSA) is 313 Å². The molecule has 0 unspecified atom stereocenters. The van der Waals surface area contributed by atoms with Crippen molar-refractivity contribution in [1.29, 1.82) is 0 Å². The van der Waals surface area contributed by atoms with Gasteiger partial charge in [0, 0.05) is 132 Å². The van der Waals surface area contributed by atoms with Crippen LogP contribution in [0.2, 0.25) is 0 Å². The third-order valence-corrected chi connectivity index (χ3v) is 20.1. The third kappa shape index (κ3) is 33.9. The molecule has 0 saturated heterocycles. The quantitative estimate of drug-likeness (QED) is 0.102. The number of rotatable bonds is 12. The standard InChI is InChI=1S/C12H15N.C12H13N.C10H11NS.3C9H11N3.C8H11N.2C7H10N2.C6H10N2.2C5H9N3/c1-9(2)12-7-10-5-3-4-6-11(10)8-13-12;1-9(2)11-8-7-10-5-3-4-6-12(10)13-11;1-7(2)9-10-8(3-5-11-9)4-6-12-10;1-6(2)9-7-3-10-4-8(7)11-5-12-9;1-7(2)8-3-4-9-10-5-6-12(9)11-8;1-7(2)8-6-9-10-4-3-5-12(9)11-8;1-7(2)8-5-3-4-6-9-8;1-6(2)7-5-8-3-4-9-7;1-6(2)7-3-4-8-5-9-7;1-5(2)6-3-4-7-8-6;1-4(2)5-6-3-7-8-5;1-4(2)5-3-6-8-7-5/h4,6-9H,3,5H2,1-2H3;3-9H,1-2H3;3-7H,1-2H3;3,5-6H,4H2,1-2H3;2*3-7H,1-2H3;3-7H,1-2H3;2*3-6H,1-2H3;3-5H,1-2H3,(H,7,8);2*3-4H,1-2H3,(H,6,7,8). The maximum atomic E-state index is 4.57. The summed E-state index contributed by atoms with van der Waals surface area (Å²) in [5, 5.41) is 36.7. The largest absolute Gasteiger partial charge is 0.286 e. The number of pyridine rings is 4. The van der Waals surface area contributed by atoms with Gasteiger partial charge in [-0.15, -0.1) is 11.3 Å². The Bertz CT molecular complexity index is 5420. The van der Waals surface area contributed by atoms with Crippen LogP contribution in [0.1, 0.15) is 334 Å². The number of fused-ring (bicyclic) bond motifs is 6. The Labute approximate surface area is 743 Å². The summed E-state index contributed by atoms with van der Waals surface area (Å²) in [4.78, 5) is 58.4. The van der Waals surface area contributed by atoms with Gasteiger partial charge >= 0.3 is 0 Å². The molecule has 658 valence electrons. The fraction of sp³-hybridized carbons (Fsp3) is 0.394. The first-order valence-corrected chi connectivity index (χ1v) is 44.3. The molecule has 16 aromatic rings. The van der Waals surface area contributed by atoms with Crippen molar-refractivity contribution in [1.82, 2.24) is 120 Å². The van der Waals surface area contributed by atoms with Gasteiger partial charge in [0.15, 0.2) is 11.3 Å². The molecule has 0 fully saturated rings. The Morgan fingerprint density at radius 3 is 1.62 bits per heavy atom. The Kier molecular flexibility index (Phi) is 42.0. The number of thiophene rings is 1. The molecule has 1 aliphatic carbocycles.